The Labute approximate surface area is 129 Å². The number of nitrogens with one attached hydrogen (secondary N) is 1. The highest BCUT2D eigenvalue weighted by Gasteiger charge is 2.18. The molecule has 0 radical (unpaired) electrons. The van der Waals surface area contributed by atoms with Crippen LogP contribution in [0.4, 0.5) is 10.1 Å². The Morgan fingerprint density at radius 1 is 0.950 bits per heavy atom. The lowest BCUT2D eigenvalue weighted by Crippen LogP contribution is -2.10. The first-order valence-corrected chi connectivity index (χ1v) is 8.17. The Kier molecular flexibility index (Phi) is 4.05. The minimum absolute atomic E-state index is 0.0528. The van der Waals surface area contributed by atoms with Crippen LogP contribution in [-0.2, 0) is 0 Å². The molecule has 102 valence electrons. The van der Waals surface area contributed by atoms with E-state index in [1.165, 1.54) is 0 Å². The second kappa shape index (κ2) is 5.95. The zero-order chi connectivity index (χ0) is 13.9. The molecule has 1 N–H and O–H groups in total. The molecular formula is C15H11ClFNS2. The van der Waals surface area contributed by atoms with E-state index in [0.29, 0.717) is 5.69 Å². The average Bonchev–Trinajstić information content (AvgIpc) is 3.13. The van der Waals surface area contributed by atoms with E-state index in [9.17, 15) is 4.39 Å². The highest BCUT2D eigenvalue weighted by molar-refractivity contribution is 7.11. The molecule has 0 bridgehead atoms. The van der Waals surface area contributed by atoms with Crippen LogP contribution < -0.4 is 5.32 Å². The van der Waals surface area contributed by atoms with E-state index in [1.807, 2.05) is 35.0 Å². The van der Waals surface area contributed by atoms with Crippen molar-refractivity contribution < 1.29 is 4.39 Å². The van der Waals surface area contributed by atoms with Crippen LogP contribution in [0.15, 0.2) is 53.2 Å². The first-order chi connectivity index (χ1) is 9.75. The van der Waals surface area contributed by atoms with Crippen LogP contribution in [0.3, 0.4) is 0 Å². The Morgan fingerprint density at radius 3 is 2.15 bits per heavy atom. The SMILES string of the molecule is Fc1c(Cl)cccc1NC(c1cccs1)c1cccs1. The summed E-state index contributed by atoms with van der Waals surface area (Å²) in [4.78, 5) is 2.29. The van der Waals surface area contributed by atoms with Gasteiger partial charge in [-0.05, 0) is 35.0 Å². The number of hydrogen-bond acceptors (Lipinski definition) is 3. The highest BCUT2D eigenvalue weighted by Crippen LogP contribution is 2.34. The molecular weight excluding hydrogens is 313 g/mol. The number of rotatable bonds is 4. The van der Waals surface area contributed by atoms with Crippen molar-refractivity contribution in [1.29, 1.82) is 0 Å². The Balaban J connectivity index is 1.97. The van der Waals surface area contributed by atoms with Crippen molar-refractivity contribution in [3.63, 3.8) is 0 Å². The fourth-order valence-corrected chi connectivity index (χ4v) is 3.80. The van der Waals surface area contributed by atoms with Crippen molar-refractivity contribution in [3.8, 4) is 0 Å². The molecule has 1 aromatic carbocycles. The molecule has 0 aliphatic rings. The molecule has 2 heterocycles. The van der Waals surface area contributed by atoms with Gasteiger partial charge in [-0.2, -0.15) is 0 Å². The van der Waals surface area contributed by atoms with Crippen LogP contribution in [0, 0.1) is 5.82 Å². The van der Waals surface area contributed by atoms with E-state index in [0.717, 1.165) is 9.75 Å². The molecule has 3 aromatic rings. The number of benzene rings is 1. The van der Waals surface area contributed by atoms with Crippen molar-refractivity contribution in [3.05, 3.63) is 73.8 Å². The maximum absolute atomic E-state index is 14.1. The van der Waals surface area contributed by atoms with Crippen LogP contribution in [-0.4, -0.2) is 0 Å². The number of thiophene rings is 2. The van der Waals surface area contributed by atoms with Crippen LogP contribution in [0.5, 0.6) is 0 Å². The number of hydrogen-bond donors (Lipinski definition) is 1. The molecule has 0 spiro atoms. The largest absolute Gasteiger partial charge is 0.370 e. The quantitative estimate of drug-likeness (QED) is 0.639. The Hall–Kier alpha value is -1.36. The van der Waals surface area contributed by atoms with Crippen molar-refractivity contribution in [1.82, 2.24) is 0 Å². The van der Waals surface area contributed by atoms with Crippen molar-refractivity contribution in [2.24, 2.45) is 0 Å². The van der Waals surface area contributed by atoms with Gasteiger partial charge in [0, 0.05) is 9.75 Å². The van der Waals surface area contributed by atoms with Gasteiger partial charge < -0.3 is 5.32 Å². The smallest absolute Gasteiger partial charge is 0.164 e. The summed E-state index contributed by atoms with van der Waals surface area (Å²) in [5, 5.41) is 7.42. The maximum atomic E-state index is 14.1. The molecule has 0 aliphatic heterocycles. The first-order valence-electron chi connectivity index (χ1n) is 6.03. The molecule has 0 unspecified atom stereocenters. The van der Waals surface area contributed by atoms with Gasteiger partial charge in [-0.1, -0.05) is 29.8 Å². The monoisotopic (exact) mass is 323 g/mol. The zero-order valence-electron chi connectivity index (χ0n) is 10.3. The van der Waals surface area contributed by atoms with E-state index in [2.05, 4.69) is 5.32 Å². The summed E-state index contributed by atoms with van der Waals surface area (Å²) >= 11 is 9.13. The van der Waals surface area contributed by atoms with E-state index in [4.69, 9.17) is 11.6 Å². The third-order valence-electron chi connectivity index (χ3n) is 2.91. The second-order valence-electron chi connectivity index (χ2n) is 4.21. The molecule has 0 aliphatic carbocycles. The van der Waals surface area contributed by atoms with Gasteiger partial charge in [-0.25, -0.2) is 4.39 Å². The lowest BCUT2D eigenvalue weighted by atomic mass is 10.2. The van der Waals surface area contributed by atoms with Gasteiger partial charge >= 0.3 is 0 Å². The maximum Gasteiger partial charge on any atom is 0.164 e. The Morgan fingerprint density at radius 2 is 1.60 bits per heavy atom. The number of halogens is 2. The molecule has 0 amide bonds. The van der Waals surface area contributed by atoms with Gasteiger partial charge in [-0.3, -0.25) is 0 Å². The molecule has 1 nitrogen and oxygen atoms in total. The van der Waals surface area contributed by atoms with Gasteiger partial charge in [0.15, 0.2) is 5.82 Å². The minimum atomic E-state index is -0.410. The molecule has 5 heteroatoms. The summed E-state index contributed by atoms with van der Waals surface area (Å²) in [7, 11) is 0. The molecule has 0 saturated heterocycles. The van der Waals surface area contributed by atoms with Gasteiger partial charge in [0.1, 0.15) is 0 Å². The standard InChI is InChI=1S/C15H11ClFNS2/c16-10-4-1-5-11(14(10)17)18-15(12-6-2-8-19-12)13-7-3-9-20-13/h1-9,15,18H. The number of anilines is 1. The average molecular weight is 324 g/mol. The molecule has 2 aromatic heterocycles. The van der Waals surface area contributed by atoms with Crippen LogP contribution in [0.2, 0.25) is 5.02 Å². The van der Waals surface area contributed by atoms with E-state index in [-0.39, 0.29) is 11.1 Å². The van der Waals surface area contributed by atoms with Crippen LogP contribution in [0.25, 0.3) is 0 Å². The molecule has 0 atom stereocenters. The van der Waals surface area contributed by atoms with Gasteiger partial charge in [-0.15, -0.1) is 22.7 Å². The lowest BCUT2D eigenvalue weighted by Gasteiger charge is -2.18. The fourth-order valence-electron chi connectivity index (χ4n) is 1.96. The molecule has 0 saturated carbocycles. The first kappa shape index (κ1) is 13.6. The van der Waals surface area contributed by atoms with Gasteiger partial charge in [0.25, 0.3) is 0 Å². The Bertz CT molecular complexity index is 646. The highest BCUT2D eigenvalue weighted by atomic mass is 35.5. The van der Waals surface area contributed by atoms with E-state index < -0.39 is 5.82 Å². The normalized spacial score (nSPS) is 10.9. The summed E-state index contributed by atoms with van der Waals surface area (Å²) in [6, 6.07) is 13.0. The second-order valence-corrected chi connectivity index (χ2v) is 6.58. The van der Waals surface area contributed by atoms with E-state index >= 15 is 0 Å². The molecule has 0 fully saturated rings. The van der Waals surface area contributed by atoms with E-state index in [1.54, 1.807) is 40.9 Å². The summed E-state index contributed by atoms with van der Waals surface area (Å²) in [5.41, 5.74) is 0.421. The van der Waals surface area contributed by atoms with Crippen molar-refractivity contribution in [2.45, 2.75) is 6.04 Å². The fraction of sp³-hybridized carbons (Fsp3) is 0.0667. The third-order valence-corrected chi connectivity index (χ3v) is 5.07. The van der Waals surface area contributed by atoms with Crippen molar-refractivity contribution in [2.75, 3.05) is 5.32 Å². The van der Waals surface area contributed by atoms with Crippen LogP contribution in [0.1, 0.15) is 15.8 Å². The third kappa shape index (κ3) is 2.73. The van der Waals surface area contributed by atoms with Gasteiger partial charge in [0.05, 0.1) is 16.8 Å². The van der Waals surface area contributed by atoms with Crippen molar-refractivity contribution >= 4 is 40.0 Å². The summed E-state index contributed by atoms with van der Waals surface area (Å²) < 4.78 is 14.1. The summed E-state index contributed by atoms with van der Waals surface area (Å²) in [5.74, 6) is -0.410. The van der Waals surface area contributed by atoms with Gasteiger partial charge in [0.2, 0.25) is 0 Å². The molecule has 20 heavy (non-hydrogen) atoms. The minimum Gasteiger partial charge on any atom is -0.370 e. The summed E-state index contributed by atoms with van der Waals surface area (Å²) in [6.07, 6.45) is 0. The topological polar surface area (TPSA) is 12.0 Å². The van der Waals surface area contributed by atoms with Crippen LogP contribution >= 0.6 is 34.3 Å². The summed E-state index contributed by atoms with van der Waals surface area (Å²) in [6.45, 7) is 0. The zero-order valence-corrected chi connectivity index (χ0v) is 12.7. The predicted molar refractivity (Wildman–Crippen MR) is 85.5 cm³/mol. The predicted octanol–water partition coefficient (Wildman–Crippen LogP) is 5.80. The lowest BCUT2D eigenvalue weighted by molar-refractivity contribution is 0.629. The molecule has 3 rings (SSSR count).